The third-order valence-electron chi connectivity index (χ3n) is 5.41. The van der Waals surface area contributed by atoms with Gasteiger partial charge in [0.2, 0.25) is 0 Å². The summed E-state index contributed by atoms with van der Waals surface area (Å²) < 4.78 is 0. The van der Waals surface area contributed by atoms with Crippen molar-refractivity contribution >= 4 is 16.9 Å². The van der Waals surface area contributed by atoms with Crippen LogP contribution >= 0.6 is 11.3 Å². The number of phenols is 1. The highest BCUT2D eigenvalue weighted by Crippen LogP contribution is 2.43. The third kappa shape index (κ3) is 4.77. The lowest BCUT2D eigenvalue weighted by Gasteiger charge is -2.28. The van der Waals surface area contributed by atoms with Gasteiger partial charge in [-0.15, -0.1) is 11.3 Å². The highest BCUT2D eigenvalue weighted by molar-refractivity contribution is 7.16. The lowest BCUT2D eigenvalue weighted by molar-refractivity contribution is 0.423. The Labute approximate surface area is 195 Å². The Morgan fingerprint density at radius 2 is 1.41 bits per heavy atom. The van der Waals surface area contributed by atoms with Gasteiger partial charge in [-0.3, -0.25) is 0 Å². The summed E-state index contributed by atoms with van der Waals surface area (Å²) in [6.07, 6.45) is 9.40. The predicted octanol–water partition coefficient (Wildman–Crippen LogP) is 7.57. The molecule has 162 valence electrons. The van der Waals surface area contributed by atoms with Gasteiger partial charge in [0.1, 0.15) is 23.5 Å². The molecular weight excluding hydrogens is 412 g/mol. The zero-order valence-corrected chi connectivity index (χ0v) is 20.3. The van der Waals surface area contributed by atoms with Crippen molar-refractivity contribution in [2.75, 3.05) is 0 Å². The molecule has 2 aromatic rings. The smallest absolute Gasteiger partial charge is 0.136 e. The largest absolute Gasteiger partial charge is 0.507 e. The summed E-state index contributed by atoms with van der Waals surface area (Å²) in [5.41, 5.74) is 4.36. The van der Waals surface area contributed by atoms with Crippen molar-refractivity contribution in [2.24, 2.45) is 0 Å². The number of aromatic hydroxyl groups is 1. The standard InChI is InChI=1S/C28H28N2OS/c1-27(2,3)22-14-20(15-23(26(22)31)28(4,5)6)25-13-12-24(32-25)19-9-7-8-18(10-11-19)21(16-29)17-30/h7-15,31H,1-6H3. The Balaban J connectivity index is 2.07. The van der Waals surface area contributed by atoms with Crippen molar-refractivity contribution in [3.63, 3.8) is 0 Å². The Morgan fingerprint density at radius 1 is 0.844 bits per heavy atom. The van der Waals surface area contributed by atoms with E-state index in [9.17, 15) is 5.11 Å². The molecule has 0 fully saturated rings. The minimum Gasteiger partial charge on any atom is -0.507 e. The topological polar surface area (TPSA) is 67.8 Å². The molecule has 0 amide bonds. The Hall–Kier alpha value is -3.34. The van der Waals surface area contributed by atoms with Crippen LogP contribution in [0.2, 0.25) is 0 Å². The van der Waals surface area contributed by atoms with Crippen LogP contribution in [-0.4, -0.2) is 5.11 Å². The van der Waals surface area contributed by atoms with Gasteiger partial charge in [-0.05, 0) is 46.2 Å². The van der Waals surface area contributed by atoms with E-state index in [2.05, 4.69) is 65.8 Å². The van der Waals surface area contributed by atoms with Crippen LogP contribution in [0.4, 0.5) is 0 Å². The lowest BCUT2D eigenvalue weighted by Crippen LogP contribution is -2.17. The predicted molar refractivity (Wildman–Crippen MR) is 133 cm³/mol. The first kappa shape index (κ1) is 23.3. The first-order valence-corrected chi connectivity index (χ1v) is 11.4. The molecule has 3 nitrogen and oxygen atoms in total. The SMILES string of the molecule is CC(C)(C)c1cc(-c2ccc(C3=CC=CC(=C(C#N)C#N)C=C3)s2)cc(C(C)(C)C)c1O. The average molecular weight is 441 g/mol. The molecule has 1 heterocycles. The number of thiophene rings is 1. The summed E-state index contributed by atoms with van der Waals surface area (Å²) in [6.45, 7) is 12.7. The van der Waals surface area contributed by atoms with E-state index >= 15 is 0 Å². The summed E-state index contributed by atoms with van der Waals surface area (Å²) in [5.74, 6) is 0.384. The van der Waals surface area contributed by atoms with E-state index in [1.807, 2.05) is 36.4 Å². The number of benzene rings is 1. The molecule has 4 heteroatoms. The first-order valence-electron chi connectivity index (χ1n) is 10.5. The van der Waals surface area contributed by atoms with Gasteiger partial charge >= 0.3 is 0 Å². The summed E-state index contributed by atoms with van der Waals surface area (Å²) in [5, 5.41) is 29.3. The Bertz CT molecular complexity index is 1210. The molecule has 0 unspecified atom stereocenters. The van der Waals surface area contributed by atoms with Crippen molar-refractivity contribution < 1.29 is 5.11 Å². The van der Waals surface area contributed by atoms with Crippen LogP contribution in [0.5, 0.6) is 5.75 Å². The van der Waals surface area contributed by atoms with E-state index in [4.69, 9.17) is 10.5 Å². The fourth-order valence-electron chi connectivity index (χ4n) is 3.60. The van der Waals surface area contributed by atoms with Crippen LogP contribution in [0.3, 0.4) is 0 Å². The highest BCUT2D eigenvalue weighted by Gasteiger charge is 2.27. The summed E-state index contributed by atoms with van der Waals surface area (Å²) >= 11 is 1.69. The molecule has 0 radical (unpaired) electrons. The molecule has 0 aliphatic heterocycles. The number of hydrogen-bond acceptors (Lipinski definition) is 4. The van der Waals surface area contributed by atoms with E-state index in [1.165, 1.54) is 0 Å². The molecule has 0 saturated carbocycles. The monoisotopic (exact) mass is 440 g/mol. The number of allylic oxidation sites excluding steroid dienone is 8. The van der Waals surface area contributed by atoms with Gasteiger partial charge in [0.25, 0.3) is 0 Å². The van der Waals surface area contributed by atoms with Crippen molar-refractivity contribution in [3.8, 4) is 28.3 Å². The van der Waals surface area contributed by atoms with Crippen molar-refractivity contribution in [3.05, 3.63) is 81.8 Å². The van der Waals surface area contributed by atoms with Gasteiger partial charge in [0, 0.05) is 26.5 Å². The number of hydrogen-bond donors (Lipinski definition) is 1. The second-order valence-corrected chi connectivity index (χ2v) is 11.0. The molecule has 3 rings (SSSR count). The fraction of sp³-hybridized carbons (Fsp3) is 0.286. The number of nitriles is 2. The molecule has 0 atom stereocenters. The maximum absolute atomic E-state index is 11.0. The minimum atomic E-state index is -0.181. The first-order chi connectivity index (χ1) is 15.0. The number of rotatable bonds is 2. The van der Waals surface area contributed by atoms with Crippen molar-refractivity contribution in [1.82, 2.24) is 0 Å². The molecule has 0 saturated heterocycles. The fourth-order valence-corrected chi connectivity index (χ4v) is 4.60. The lowest BCUT2D eigenvalue weighted by atomic mass is 9.78. The molecule has 1 aliphatic rings. The summed E-state index contributed by atoms with van der Waals surface area (Å²) in [7, 11) is 0. The van der Waals surface area contributed by atoms with Crippen LogP contribution < -0.4 is 0 Å². The Kier molecular flexibility index (Phi) is 6.31. The molecule has 32 heavy (non-hydrogen) atoms. The third-order valence-corrected chi connectivity index (χ3v) is 6.59. The number of phenolic OH excluding ortho intramolecular Hbond substituents is 1. The second-order valence-electron chi connectivity index (χ2n) is 9.95. The van der Waals surface area contributed by atoms with Crippen LogP contribution in [0.25, 0.3) is 16.0 Å². The molecule has 0 spiro atoms. The molecule has 1 aliphatic carbocycles. The average Bonchev–Trinajstić information content (AvgIpc) is 3.07. The van der Waals surface area contributed by atoms with Crippen molar-refractivity contribution in [2.45, 2.75) is 52.4 Å². The van der Waals surface area contributed by atoms with E-state index in [1.54, 1.807) is 17.4 Å². The van der Waals surface area contributed by atoms with Crippen LogP contribution in [0, 0.1) is 22.7 Å². The highest BCUT2D eigenvalue weighted by atomic mass is 32.1. The van der Waals surface area contributed by atoms with E-state index in [0.29, 0.717) is 11.3 Å². The Morgan fingerprint density at radius 3 is 1.94 bits per heavy atom. The minimum absolute atomic E-state index is 0.104. The maximum Gasteiger partial charge on any atom is 0.136 e. The van der Waals surface area contributed by atoms with Gasteiger partial charge < -0.3 is 5.11 Å². The molecule has 1 aromatic heterocycles. The molecule has 1 aromatic carbocycles. The maximum atomic E-state index is 11.0. The van der Waals surface area contributed by atoms with E-state index in [0.717, 1.165) is 32.0 Å². The second kappa shape index (κ2) is 8.65. The number of nitrogens with zero attached hydrogens (tertiary/aromatic N) is 2. The zero-order valence-electron chi connectivity index (χ0n) is 19.4. The van der Waals surface area contributed by atoms with Gasteiger partial charge in [0.15, 0.2) is 0 Å². The van der Waals surface area contributed by atoms with Gasteiger partial charge in [-0.1, -0.05) is 71.9 Å². The van der Waals surface area contributed by atoms with E-state index < -0.39 is 0 Å². The van der Waals surface area contributed by atoms with E-state index in [-0.39, 0.29) is 16.4 Å². The molecular formula is C28H28N2OS. The zero-order chi connectivity index (χ0) is 23.7. The van der Waals surface area contributed by atoms with Crippen molar-refractivity contribution in [1.29, 1.82) is 10.5 Å². The van der Waals surface area contributed by atoms with Gasteiger partial charge in [-0.2, -0.15) is 10.5 Å². The summed E-state index contributed by atoms with van der Waals surface area (Å²) in [6, 6.07) is 12.3. The van der Waals surface area contributed by atoms with Crippen LogP contribution in [0.15, 0.2) is 65.8 Å². The van der Waals surface area contributed by atoms with Gasteiger partial charge in [0.05, 0.1) is 0 Å². The molecule has 0 bridgehead atoms. The van der Waals surface area contributed by atoms with Crippen LogP contribution in [-0.2, 0) is 10.8 Å². The van der Waals surface area contributed by atoms with Gasteiger partial charge in [-0.25, -0.2) is 0 Å². The summed E-state index contributed by atoms with van der Waals surface area (Å²) in [4.78, 5) is 2.23. The molecule has 1 N–H and O–H groups in total. The quantitative estimate of drug-likeness (QED) is 0.490. The van der Waals surface area contributed by atoms with Crippen LogP contribution in [0.1, 0.15) is 57.5 Å². The normalized spacial score (nSPS) is 13.9.